The van der Waals surface area contributed by atoms with Crippen molar-refractivity contribution in [3.63, 3.8) is 0 Å². The van der Waals surface area contributed by atoms with Gasteiger partial charge < -0.3 is 9.09 Å². The SMILES string of the molecule is CCCn1c(CN2CCN(Cc3ccon3)CC2)nc2ccccc21. The lowest BCUT2D eigenvalue weighted by Gasteiger charge is -2.34. The molecule has 6 nitrogen and oxygen atoms in total. The molecule has 4 rings (SSSR count). The Morgan fingerprint density at radius 3 is 2.48 bits per heavy atom. The van der Waals surface area contributed by atoms with Gasteiger partial charge in [0.1, 0.15) is 12.1 Å². The lowest BCUT2D eigenvalue weighted by Crippen LogP contribution is -2.45. The number of hydrogen-bond donors (Lipinski definition) is 0. The van der Waals surface area contributed by atoms with Crippen LogP contribution in [-0.4, -0.2) is 50.7 Å². The molecule has 3 heterocycles. The zero-order valence-corrected chi connectivity index (χ0v) is 14.8. The van der Waals surface area contributed by atoms with Crippen molar-refractivity contribution in [1.29, 1.82) is 0 Å². The Kier molecular flexibility index (Phi) is 4.81. The third-order valence-corrected chi connectivity index (χ3v) is 4.89. The number of rotatable bonds is 6. The summed E-state index contributed by atoms with van der Waals surface area (Å²) in [6.45, 7) is 9.29. The molecule has 132 valence electrons. The molecule has 0 bridgehead atoms. The van der Waals surface area contributed by atoms with Gasteiger partial charge in [-0.25, -0.2) is 4.98 Å². The summed E-state index contributed by atoms with van der Waals surface area (Å²) < 4.78 is 7.31. The maximum atomic E-state index is 4.92. The normalized spacial score (nSPS) is 16.7. The highest BCUT2D eigenvalue weighted by Crippen LogP contribution is 2.18. The van der Waals surface area contributed by atoms with E-state index in [0.29, 0.717) is 0 Å². The molecule has 1 aliphatic heterocycles. The number of aromatic nitrogens is 3. The van der Waals surface area contributed by atoms with E-state index < -0.39 is 0 Å². The third kappa shape index (κ3) is 3.60. The molecule has 25 heavy (non-hydrogen) atoms. The van der Waals surface area contributed by atoms with Gasteiger partial charge in [-0.05, 0) is 18.6 Å². The first-order valence-electron chi connectivity index (χ1n) is 9.11. The highest BCUT2D eigenvalue weighted by atomic mass is 16.5. The monoisotopic (exact) mass is 339 g/mol. The van der Waals surface area contributed by atoms with Crippen LogP contribution in [0.1, 0.15) is 24.9 Å². The summed E-state index contributed by atoms with van der Waals surface area (Å²) in [4.78, 5) is 9.83. The van der Waals surface area contributed by atoms with Gasteiger partial charge in [0, 0.05) is 45.3 Å². The molecule has 1 saturated heterocycles. The van der Waals surface area contributed by atoms with Gasteiger partial charge in [-0.2, -0.15) is 0 Å². The molecule has 0 spiro atoms. The molecule has 0 radical (unpaired) electrons. The predicted octanol–water partition coefficient (Wildman–Crippen LogP) is 2.75. The summed E-state index contributed by atoms with van der Waals surface area (Å²) in [6.07, 6.45) is 2.77. The van der Waals surface area contributed by atoms with Crippen molar-refractivity contribution in [3.8, 4) is 0 Å². The molecule has 0 aliphatic carbocycles. The second kappa shape index (κ2) is 7.37. The number of benzene rings is 1. The van der Waals surface area contributed by atoms with Crippen LogP contribution in [0.5, 0.6) is 0 Å². The summed E-state index contributed by atoms with van der Waals surface area (Å²) in [5.41, 5.74) is 3.37. The van der Waals surface area contributed by atoms with Crippen molar-refractivity contribution in [2.24, 2.45) is 0 Å². The molecule has 2 aromatic heterocycles. The minimum Gasteiger partial charge on any atom is -0.364 e. The van der Waals surface area contributed by atoms with Gasteiger partial charge in [-0.3, -0.25) is 9.80 Å². The molecule has 6 heteroatoms. The Hall–Kier alpha value is -2.18. The molecule has 1 aliphatic rings. The lowest BCUT2D eigenvalue weighted by molar-refractivity contribution is 0.117. The van der Waals surface area contributed by atoms with E-state index in [2.05, 4.69) is 50.7 Å². The average Bonchev–Trinajstić information content (AvgIpc) is 3.26. The van der Waals surface area contributed by atoms with E-state index in [9.17, 15) is 0 Å². The Morgan fingerprint density at radius 2 is 1.76 bits per heavy atom. The lowest BCUT2D eigenvalue weighted by atomic mass is 10.3. The number of piperazine rings is 1. The molecule has 0 amide bonds. The molecular weight excluding hydrogens is 314 g/mol. The van der Waals surface area contributed by atoms with E-state index in [1.54, 1.807) is 6.26 Å². The van der Waals surface area contributed by atoms with Gasteiger partial charge in [0.05, 0.1) is 23.3 Å². The van der Waals surface area contributed by atoms with Crippen molar-refractivity contribution < 1.29 is 4.52 Å². The van der Waals surface area contributed by atoms with Gasteiger partial charge >= 0.3 is 0 Å². The van der Waals surface area contributed by atoms with Gasteiger partial charge in [-0.15, -0.1) is 0 Å². The maximum Gasteiger partial charge on any atom is 0.124 e. The number of nitrogens with zero attached hydrogens (tertiary/aromatic N) is 5. The summed E-state index contributed by atoms with van der Waals surface area (Å²) in [7, 11) is 0. The molecule has 1 fully saturated rings. The number of imidazole rings is 1. The van der Waals surface area contributed by atoms with Crippen LogP contribution in [0.2, 0.25) is 0 Å². The first-order chi connectivity index (χ1) is 12.3. The second-order valence-electron chi connectivity index (χ2n) is 6.71. The fraction of sp³-hybridized carbons (Fsp3) is 0.474. The zero-order valence-electron chi connectivity index (χ0n) is 14.8. The van der Waals surface area contributed by atoms with Crippen molar-refractivity contribution in [2.45, 2.75) is 33.0 Å². The Balaban J connectivity index is 1.41. The topological polar surface area (TPSA) is 50.3 Å². The van der Waals surface area contributed by atoms with Gasteiger partial charge in [0.25, 0.3) is 0 Å². The van der Waals surface area contributed by atoms with Crippen LogP contribution in [-0.2, 0) is 19.6 Å². The number of fused-ring (bicyclic) bond motifs is 1. The van der Waals surface area contributed by atoms with Crippen LogP contribution >= 0.6 is 0 Å². The van der Waals surface area contributed by atoms with E-state index in [0.717, 1.165) is 63.4 Å². The van der Waals surface area contributed by atoms with Crippen molar-refractivity contribution in [3.05, 3.63) is 48.1 Å². The van der Waals surface area contributed by atoms with Crippen molar-refractivity contribution in [1.82, 2.24) is 24.5 Å². The quantitative estimate of drug-likeness (QED) is 0.691. The van der Waals surface area contributed by atoms with Gasteiger partial charge in [0.2, 0.25) is 0 Å². The zero-order chi connectivity index (χ0) is 17.1. The molecule has 0 saturated carbocycles. The summed E-state index contributed by atoms with van der Waals surface area (Å²) >= 11 is 0. The Labute approximate surface area is 148 Å². The van der Waals surface area contributed by atoms with Crippen LogP contribution in [0.3, 0.4) is 0 Å². The van der Waals surface area contributed by atoms with Crippen LogP contribution in [0.4, 0.5) is 0 Å². The number of aryl methyl sites for hydroxylation is 1. The highest BCUT2D eigenvalue weighted by molar-refractivity contribution is 5.75. The first-order valence-corrected chi connectivity index (χ1v) is 9.11. The van der Waals surface area contributed by atoms with E-state index in [4.69, 9.17) is 9.51 Å². The molecule has 0 unspecified atom stereocenters. The minimum atomic E-state index is 0.874. The van der Waals surface area contributed by atoms with Gasteiger partial charge in [-0.1, -0.05) is 24.2 Å². The van der Waals surface area contributed by atoms with Crippen molar-refractivity contribution >= 4 is 11.0 Å². The first kappa shape index (κ1) is 16.3. The highest BCUT2D eigenvalue weighted by Gasteiger charge is 2.20. The van der Waals surface area contributed by atoms with E-state index in [1.807, 2.05) is 6.07 Å². The smallest absolute Gasteiger partial charge is 0.124 e. The minimum absolute atomic E-state index is 0.874. The van der Waals surface area contributed by atoms with Crippen molar-refractivity contribution in [2.75, 3.05) is 26.2 Å². The summed E-state index contributed by atoms with van der Waals surface area (Å²) in [5, 5.41) is 4.01. The van der Waals surface area contributed by atoms with Crippen LogP contribution in [0.25, 0.3) is 11.0 Å². The Bertz CT molecular complexity index is 802. The predicted molar refractivity (Wildman–Crippen MR) is 97.1 cm³/mol. The van der Waals surface area contributed by atoms with E-state index in [1.165, 1.54) is 11.3 Å². The van der Waals surface area contributed by atoms with Gasteiger partial charge in [0.15, 0.2) is 0 Å². The van der Waals surface area contributed by atoms with E-state index in [-0.39, 0.29) is 0 Å². The molecule has 3 aromatic rings. The molecular formula is C19H25N5O. The van der Waals surface area contributed by atoms with Crippen LogP contribution in [0, 0.1) is 0 Å². The van der Waals surface area contributed by atoms with Crippen LogP contribution in [0.15, 0.2) is 41.1 Å². The maximum absolute atomic E-state index is 4.92. The fourth-order valence-corrected chi connectivity index (χ4v) is 3.57. The number of para-hydroxylation sites is 2. The molecule has 0 N–H and O–H groups in total. The third-order valence-electron chi connectivity index (χ3n) is 4.89. The fourth-order valence-electron chi connectivity index (χ4n) is 3.57. The molecule has 0 atom stereocenters. The standard InChI is InChI=1S/C19H25N5O/c1-2-8-24-18-6-4-3-5-17(18)20-19(24)15-23-11-9-22(10-12-23)14-16-7-13-25-21-16/h3-7,13H,2,8-12,14-15H2,1H3. The average molecular weight is 339 g/mol. The largest absolute Gasteiger partial charge is 0.364 e. The van der Waals surface area contributed by atoms with Crippen LogP contribution < -0.4 is 0 Å². The van der Waals surface area contributed by atoms with E-state index >= 15 is 0 Å². The second-order valence-corrected chi connectivity index (χ2v) is 6.71. The summed E-state index contributed by atoms with van der Waals surface area (Å²) in [6, 6.07) is 10.4. The molecule has 1 aromatic carbocycles. The number of hydrogen-bond acceptors (Lipinski definition) is 5. The summed E-state index contributed by atoms with van der Waals surface area (Å²) in [5.74, 6) is 1.19. The Morgan fingerprint density at radius 1 is 1.00 bits per heavy atom.